The van der Waals surface area contributed by atoms with Crippen molar-refractivity contribution in [2.75, 3.05) is 19.8 Å². The van der Waals surface area contributed by atoms with Gasteiger partial charge in [-0.25, -0.2) is 0 Å². The normalized spacial score (nSPS) is 54.8. The Hall–Kier alpha value is -1.71. The van der Waals surface area contributed by atoms with Gasteiger partial charge < -0.3 is 119 Å². The van der Waals surface area contributed by atoms with Gasteiger partial charge in [-0.2, -0.15) is 0 Å². The van der Waals surface area contributed by atoms with Crippen LogP contribution in [0.4, 0.5) is 0 Å². The lowest BCUT2D eigenvalue weighted by Crippen LogP contribution is -2.66. The van der Waals surface area contributed by atoms with Crippen molar-refractivity contribution in [1.29, 1.82) is 0 Å². The number of esters is 1. The number of fused-ring (bicyclic) bond motifs is 7. The van der Waals surface area contributed by atoms with E-state index in [1.807, 2.05) is 0 Å². The standard InChI is InChI=1S/C59H96O25/c1-23(2)26-12-17-59(54(74)84-52-45(72)41(68)38(65)30(80-52)22-76-49-46(73)42(69)47(29(20-60)79-49)82-50-43(70)39(66)35(62)24(3)77-50)19-18-57(8)27(34(26)59)10-11-32-56(7)15-14-33(55(5,6)31(56)13-16-58(32,57)9)81-53-48(37(64)28(61)21-75-53)83-51-44(71)40(67)36(63)25(4)78-51/h10,23-26,28-53,60-73H,11-22H2,1-9H3/t24-,25-,26-,28-,29+,30+,31+,32+,33-,34+,35-,36-,37-,38-,39+,40+,41-,42+,43+,44+,45+,46+,47+,48+,49+,50-,51-,52-,53-,56-,57+,58+,59-/m0/s1. The van der Waals surface area contributed by atoms with Crippen LogP contribution in [0, 0.1) is 56.7 Å². The molecular weight excluding hydrogens is 1110 g/mol. The molecule has 0 spiro atoms. The lowest BCUT2D eigenvalue weighted by atomic mass is 9.34. The SMILES string of the molecule is CC(C)[C@@H]1CC[C@]2(C(=O)O[C@@H]3O[C@H](CO[C@@H]4O[C@H](CO)[C@@H](O[C@@H]5O[C@@H](C)[C@H](O)[C@@H](O)[C@H]5O)[C@H](O)[C@H]4O)[C@H](O)[C@H](O)[C@H]3O)CC[C@]3(C)C(=CC[C@@H]4[C@@]5(C)CC[C@H](O[C@@H]6OC[C@H](O)[C@H](O)[C@H]6O[C@@H]6O[C@@H](C)[C@H](O)[C@@H](O)[C@H]6O)C(C)(C)[C@H]5CC[C@]43C)[C@@H]12. The van der Waals surface area contributed by atoms with Gasteiger partial charge in [-0.05, 0) is 123 Å². The Balaban J connectivity index is 0.826. The van der Waals surface area contributed by atoms with Gasteiger partial charge in [0.05, 0.1) is 43.5 Å². The van der Waals surface area contributed by atoms with Crippen LogP contribution in [0.2, 0.25) is 0 Å². The molecule has 482 valence electrons. The lowest BCUT2D eigenvalue weighted by Gasteiger charge is -2.70. The van der Waals surface area contributed by atoms with Crippen molar-refractivity contribution in [3.63, 3.8) is 0 Å². The molecule has 0 aromatic carbocycles. The van der Waals surface area contributed by atoms with Crippen LogP contribution in [0.5, 0.6) is 0 Å². The first kappa shape index (κ1) is 65.2. The second-order valence-electron chi connectivity index (χ2n) is 28.1. The van der Waals surface area contributed by atoms with E-state index in [9.17, 15) is 71.5 Å². The fourth-order valence-corrected chi connectivity index (χ4v) is 17.8. The van der Waals surface area contributed by atoms with Crippen molar-refractivity contribution in [3.05, 3.63) is 11.6 Å². The molecule has 10 rings (SSSR count). The molecule has 0 radical (unpaired) electrons. The highest BCUT2D eigenvalue weighted by atomic mass is 16.8. The van der Waals surface area contributed by atoms with E-state index in [1.54, 1.807) is 0 Å². The zero-order valence-corrected chi connectivity index (χ0v) is 49.6. The van der Waals surface area contributed by atoms with Gasteiger partial charge in [0.1, 0.15) is 104 Å². The summed E-state index contributed by atoms with van der Waals surface area (Å²) >= 11 is 0. The maximum absolute atomic E-state index is 15.2. The summed E-state index contributed by atoms with van der Waals surface area (Å²) in [5, 5.41) is 151. The first-order chi connectivity index (χ1) is 39.4. The lowest BCUT2D eigenvalue weighted by molar-refractivity contribution is -0.364. The molecule has 33 atom stereocenters. The molecule has 0 amide bonds. The van der Waals surface area contributed by atoms with Crippen LogP contribution in [0.25, 0.3) is 0 Å². The molecule has 9 fully saturated rings. The number of hydrogen-bond acceptors (Lipinski definition) is 25. The number of aliphatic hydroxyl groups excluding tert-OH is 14. The average molecular weight is 1210 g/mol. The fraction of sp³-hybridized carbons (Fsp3) is 0.949. The first-order valence-corrected chi connectivity index (χ1v) is 30.6. The number of carbonyl (C=O) groups excluding carboxylic acids is 1. The van der Waals surface area contributed by atoms with Crippen LogP contribution in [0.3, 0.4) is 0 Å². The van der Waals surface area contributed by atoms with Gasteiger partial charge in [0.15, 0.2) is 25.2 Å². The zero-order valence-electron chi connectivity index (χ0n) is 49.6. The van der Waals surface area contributed by atoms with E-state index in [-0.39, 0.29) is 58.5 Å². The van der Waals surface area contributed by atoms with E-state index in [4.69, 9.17) is 47.4 Å². The van der Waals surface area contributed by atoms with Gasteiger partial charge in [-0.1, -0.05) is 60.1 Å². The predicted molar refractivity (Wildman–Crippen MR) is 287 cm³/mol. The topological polar surface area (TPSA) is 393 Å². The summed E-state index contributed by atoms with van der Waals surface area (Å²) in [6.45, 7) is 17.3. The molecule has 25 nitrogen and oxygen atoms in total. The summed E-state index contributed by atoms with van der Waals surface area (Å²) < 4.78 is 59.7. The van der Waals surface area contributed by atoms with Crippen molar-refractivity contribution in [2.24, 2.45) is 56.7 Å². The van der Waals surface area contributed by atoms with Gasteiger partial charge in [0, 0.05) is 0 Å². The maximum Gasteiger partial charge on any atom is 0.315 e. The van der Waals surface area contributed by atoms with Crippen LogP contribution < -0.4 is 0 Å². The fourth-order valence-electron chi connectivity index (χ4n) is 17.8. The number of carbonyl (C=O) groups is 1. The first-order valence-electron chi connectivity index (χ1n) is 30.6. The second-order valence-corrected chi connectivity index (χ2v) is 28.1. The van der Waals surface area contributed by atoms with Crippen LogP contribution in [0.15, 0.2) is 11.6 Å². The van der Waals surface area contributed by atoms with Crippen LogP contribution in [-0.4, -0.2) is 251 Å². The Morgan fingerprint density at radius 2 is 1.17 bits per heavy atom. The number of ether oxygens (including phenoxy) is 10. The molecule has 0 bridgehead atoms. The van der Waals surface area contributed by atoms with E-state index >= 15 is 4.79 Å². The van der Waals surface area contributed by atoms with Crippen molar-refractivity contribution in [3.8, 4) is 0 Å². The molecule has 25 heteroatoms. The highest BCUT2D eigenvalue weighted by Gasteiger charge is 2.71. The Kier molecular flexibility index (Phi) is 18.8. The molecule has 0 aromatic heterocycles. The molecule has 10 aliphatic rings. The van der Waals surface area contributed by atoms with E-state index in [2.05, 4.69) is 54.5 Å². The monoisotopic (exact) mass is 1200 g/mol. The Morgan fingerprint density at radius 1 is 0.583 bits per heavy atom. The van der Waals surface area contributed by atoms with Crippen LogP contribution in [-0.2, 0) is 52.2 Å². The van der Waals surface area contributed by atoms with Crippen LogP contribution >= 0.6 is 0 Å². The Bertz CT molecular complexity index is 2330. The summed E-state index contributed by atoms with van der Waals surface area (Å²) in [7, 11) is 0. The largest absolute Gasteiger partial charge is 0.432 e. The highest BCUT2D eigenvalue weighted by Crippen LogP contribution is 2.76. The maximum atomic E-state index is 15.2. The van der Waals surface area contributed by atoms with Crippen molar-refractivity contribution in [2.45, 2.75) is 274 Å². The minimum Gasteiger partial charge on any atom is -0.432 e. The summed E-state index contributed by atoms with van der Waals surface area (Å²) in [5.41, 5.74) is -0.928. The minimum absolute atomic E-state index is 0.101. The molecule has 4 saturated carbocycles. The molecule has 0 aromatic rings. The average Bonchev–Trinajstić information content (AvgIpc) is 1.04. The molecule has 5 aliphatic heterocycles. The molecule has 5 aliphatic carbocycles. The third-order valence-electron chi connectivity index (χ3n) is 23.1. The van der Waals surface area contributed by atoms with Gasteiger partial charge in [-0.15, -0.1) is 0 Å². The van der Waals surface area contributed by atoms with E-state index < -0.39 is 177 Å². The second kappa shape index (κ2) is 24.2. The molecule has 84 heavy (non-hydrogen) atoms. The Labute approximate surface area is 490 Å². The molecule has 0 unspecified atom stereocenters. The van der Waals surface area contributed by atoms with E-state index in [0.717, 1.165) is 32.1 Å². The highest BCUT2D eigenvalue weighted by molar-refractivity contribution is 5.79. The van der Waals surface area contributed by atoms with Crippen LogP contribution in [0.1, 0.15) is 120 Å². The smallest absolute Gasteiger partial charge is 0.315 e. The third kappa shape index (κ3) is 10.7. The number of rotatable bonds is 13. The van der Waals surface area contributed by atoms with E-state index in [0.29, 0.717) is 25.7 Å². The number of hydrogen-bond donors (Lipinski definition) is 14. The minimum atomic E-state index is -1.88. The van der Waals surface area contributed by atoms with Gasteiger partial charge >= 0.3 is 5.97 Å². The van der Waals surface area contributed by atoms with Gasteiger partial charge in [-0.3, -0.25) is 4.79 Å². The third-order valence-corrected chi connectivity index (χ3v) is 23.1. The van der Waals surface area contributed by atoms with Crippen molar-refractivity contribution >= 4 is 5.97 Å². The summed E-state index contributed by atoms with van der Waals surface area (Å²) in [6.07, 6.45) is -28.5. The predicted octanol–water partition coefficient (Wildman–Crippen LogP) is -1.66. The van der Waals surface area contributed by atoms with Gasteiger partial charge in [0.25, 0.3) is 0 Å². The quantitative estimate of drug-likeness (QED) is 0.0557. The summed E-state index contributed by atoms with van der Waals surface area (Å²) in [5.74, 6) is -0.129. The summed E-state index contributed by atoms with van der Waals surface area (Å²) in [6, 6.07) is 0. The van der Waals surface area contributed by atoms with E-state index in [1.165, 1.54) is 19.4 Å². The molecular formula is C59H96O25. The van der Waals surface area contributed by atoms with Crippen molar-refractivity contribution in [1.82, 2.24) is 0 Å². The molecule has 5 heterocycles. The summed E-state index contributed by atoms with van der Waals surface area (Å²) in [4.78, 5) is 15.2. The Morgan fingerprint density at radius 3 is 1.79 bits per heavy atom. The zero-order chi connectivity index (χ0) is 61.2. The number of allylic oxidation sites excluding steroid dienone is 2. The van der Waals surface area contributed by atoms with Crippen molar-refractivity contribution < 1.29 is 124 Å². The molecule has 14 N–H and O–H groups in total. The molecule has 5 saturated heterocycles. The number of aliphatic hydroxyl groups is 14. The van der Waals surface area contributed by atoms with Gasteiger partial charge in [0.2, 0.25) is 6.29 Å².